The van der Waals surface area contributed by atoms with Gasteiger partial charge in [-0.25, -0.2) is 0 Å². The van der Waals surface area contributed by atoms with Gasteiger partial charge in [-0.3, -0.25) is 4.99 Å². The number of guanidine groups is 1. The quantitative estimate of drug-likeness (QED) is 0.300. The summed E-state index contributed by atoms with van der Waals surface area (Å²) in [5.41, 5.74) is 1.78. The Hall–Kier alpha value is -1.18. The van der Waals surface area contributed by atoms with Crippen molar-refractivity contribution < 1.29 is 4.74 Å². The normalized spacial score (nSPS) is 21.0. The van der Waals surface area contributed by atoms with E-state index >= 15 is 0 Å². The summed E-state index contributed by atoms with van der Waals surface area (Å²) in [5.74, 6) is 2.01. The molecule has 1 aromatic rings. The van der Waals surface area contributed by atoms with Crippen molar-refractivity contribution in [2.75, 3.05) is 50.0 Å². The topological polar surface area (TPSA) is 72.7 Å². The van der Waals surface area contributed by atoms with Gasteiger partial charge in [-0.1, -0.05) is 19.1 Å². The molecular formula is C23H36IN5OS. The summed E-state index contributed by atoms with van der Waals surface area (Å²) in [7, 11) is 0. The van der Waals surface area contributed by atoms with E-state index in [-0.39, 0.29) is 28.7 Å². The van der Waals surface area contributed by atoms with Gasteiger partial charge in [0.25, 0.3) is 0 Å². The number of anilines is 1. The molecule has 6 nitrogen and oxygen atoms in total. The zero-order valence-corrected chi connectivity index (χ0v) is 21.9. The Balaban J connectivity index is 0.00000341. The van der Waals surface area contributed by atoms with E-state index in [1.165, 1.54) is 0 Å². The van der Waals surface area contributed by atoms with Crippen molar-refractivity contribution in [2.45, 2.75) is 50.3 Å². The van der Waals surface area contributed by atoms with Crippen molar-refractivity contribution in [2.24, 2.45) is 4.99 Å². The molecule has 2 aliphatic rings. The van der Waals surface area contributed by atoms with Crippen LogP contribution in [0.3, 0.4) is 0 Å². The van der Waals surface area contributed by atoms with Crippen molar-refractivity contribution >= 4 is 47.4 Å². The van der Waals surface area contributed by atoms with Crippen LogP contribution in [0, 0.1) is 11.3 Å². The Morgan fingerprint density at radius 2 is 2.10 bits per heavy atom. The molecule has 0 amide bonds. The lowest BCUT2D eigenvalue weighted by Crippen LogP contribution is -2.51. The number of ether oxygens (including phenoxy) is 1. The first-order valence-electron chi connectivity index (χ1n) is 11.2. The number of nitrogens with one attached hydrogen (secondary N) is 2. The molecule has 3 rings (SSSR count). The molecule has 0 aliphatic carbocycles. The van der Waals surface area contributed by atoms with Gasteiger partial charge in [0.2, 0.25) is 0 Å². The zero-order valence-electron chi connectivity index (χ0n) is 18.7. The van der Waals surface area contributed by atoms with Crippen LogP contribution >= 0.6 is 35.7 Å². The number of aliphatic imine (C=N–C) groups is 1. The van der Waals surface area contributed by atoms with Crippen molar-refractivity contribution in [3.63, 3.8) is 0 Å². The number of nitrogens with zero attached hydrogens (tertiary/aromatic N) is 3. The van der Waals surface area contributed by atoms with Gasteiger partial charge in [-0.05, 0) is 50.5 Å². The highest BCUT2D eigenvalue weighted by Crippen LogP contribution is 2.35. The number of para-hydroxylation sites is 1. The number of piperidine rings is 1. The minimum absolute atomic E-state index is 0. The molecule has 0 saturated carbocycles. The number of hydrogen-bond acceptors (Lipinski definition) is 5. The zero-order chi connectivity index (χ0) is 21.2. The molecule has 0 bridgehead atoms. The summed E-state index contributed by atoms with van der Waals surface area (Å²) in [5, 5.41) is 16.6. The van der Waals surface area contributed by atoms with E-state index in [1.54, 1.807) is 0 Å². The largest absolute Gasteiger partial charge is 0.381 e. The molecule has 31 heavy (non-hydrogen) atoms. The molecular weight excluding hydrogens is 521 g/mol. The fourth-order valence-corrected chi connectivity index (χ4v) is 5.52. The summed E-state index contributed by atoms with van der Waals surface area (Å²) in [6.45, 7) is 9.54. The summed E-state index contributed by atoms with van der Waals surface area (Å²) < 4.78 is 5.79. The maximum Gasteiger partial charge on any atom is 0.191 e. The first kappa shape index (κ1) is 26.1. The number of hydrogen-bond donors (Lipinski definition) is 2. The van der Waals surface area contributed by atoms with Crippen molar-refractivity contribution in [1.82, 2.24) is 10.6 Å². The van der Waals surface area contributed by atoms with Gasteiger partial charge in [0.1, 0.15) is 6.07 Å². The van der Waals surface area contributed by atoms with E-state index < -0.39 is 0 Å². The van der Waals surface area contributed by atoms with Gasteiger partial charge in [-0.2, -0.15) is 17.0 Å². The van der Waals surface area contributed by atoms with Gasteiger partial charge in [0.15, 0.2) is 5.96 Å². The predicted molar refractivity (Wildman–Crippen MR) is 142 cm³/mol. The van der Waals surface area contributed by atoms with Crippen molar-refractivity contribution in [1.29, 1.82) is 5.26 Å². The number of nitriles is 1. The second-order valence-electron chi connectivity index (χ2n) is 7.98. The summed E-state index contributed by atoms with van der Waals surface area (Å²) >= 11 is 2.03. The first-order chi connectivity index (χ1) is 14.7. The minimum atomic E-state index is 0. The Morgan fingerprint density at radius 1 is 1.32 bits per heavy atom. The molecule has 2 saturated heterocycles. The van der Waals surface area contributed by atoms with Gasteiger partial charge in [-0.15, -0.1) is 24.0 Å². The van der Waals surface area contributed by atoms with Gasteiger partial charge >= 0.3 is 0 Å². The number of thioether (sulfide) groups is 1. The average Bonchev–Trinajstić information content (AvgIpc) is 2.79. The lowest BCUT2D eigenvalue weighted by Gasteiger charge is -2.37. The molecule has 2 N–H and O–H groups in total. The third kappa shape index (κ3) is 7.43. The number of benzene rings is 1. The van der Waals surface area contributed by atoms with Crippen molar-refractivity contribution in [3.8, 4) is 6.07 Å². The van der Waals surface area contributed by atoms with Crippen LogP contribution in [0.25, 0.3) is 0 Å². The fraction of sp³-hybridized carbons (Fsp3) is 0.652. The van der Waals surface area contributed by atoms with E-state index in [0.717, 1.165) is 88.0 Å². The van der Waals surface area contributed by atoms with Crippen LogP contribution in [0.2, 0.25) is 0 Å². The van der Waals surface area contributed by atoms with Gasteiger partial charge in [0, 0.05) is 43.6 Å². The first-order valence-corrected chi connectivity index (χ1v) is 12.2. The van der Waals surface area contributed by atoms with Crippen LogP contribution < -0.4 is 15.5 Å². The van der Waals surface area contributed by atoms with E-state index in [9.17, 15) is 5.26 Å². The van der Waals surface area contributed by atoms with Gasteiger partial charge < -0.3 is 20.3 Å². The highest BCUT2D eigenvalue weighted by Gasteiger charge is 2.32. The molecule has 2 aliphatic heterocycles. The fourth-order valence-electron chi connectivity index (χ4n) is 4.29. The van der Waals surface area contributed by atoms with E-state index in [2.05, 4.69) is 41.5 Å². The molecule has 0 aromatic heterocycles. The summed E-state index contributed by atoms with van der Waals surface area (Å²) in [6, 6.07) is 10.5. The highest BCUT2D eigenvalue weighted by atomic mass is 127. The Kier molecular flexibility index (Phi) is 11.3. The van der Waals surface area contributed by atoms with Crippen molar-refractivity contribution in [3.05, 3.63) is 29.8 Å². The molecule has 2 heterocycles. The molecule has 2 fully saturated rings. The Bertz CT molecular complexity index is 742. The predicted octanol–water partition coefficient (Wildman–Crippen LogP) is 4.00. The van der Waals surface area contributed by atoms with E-state index in [0.29, 0.717) is 6.04 Å². The molecule has 1 aromatic carbocycles. The van der Waals surface area contributed by atoms with Crippen LogP contribution in [0.1, 0.15) is 45.1 Å². The Morgan fingerprint density at radius 3 is 2.81 bits per heavy atom. The second kappa shape index (κ2) is 13.4. The highest BCUT2D eigenvalue weighted by molar-refractivity contribution is 14.0. The molecule has 1 atom stereocenters. The maximum absolute atomic E-state index is 9.46. The average molecular weight is 558 g/mol. The molecule has 0 radical (unpaired) electrons. The van der Waals surface area contributed by atoms with Crippen LogP contribution in [-0.4, -0.2) is 61.9 Å². The van der Waals surface area contributed by atoms with Crippen LogP contribution in [-0.2, 0) is 4.74 Å². The molecule has 1 unspecified atom stereocenters. The van der Waals surface area contributed by atoms with Gasteiger partial charge in [0.05, 0.1) is 17.8 Å². The SMILES string of the molecule is CCNC(=NCC1(SCC)CCOCC1)NC1CCCN(c2ccccc2C#N)C1.I. The second-order valence-corrected chi connectivity index (χ2v) is 9.71. The molecule has 8 heteroatoms. The maximum atomic E-state index is 9.46. The number of halogens is 1. The van der Waals surface area contributed by atoms with E-state index in [4.69, 9.17) is 9.73 Å². The Labute approximate surface area is 208 Å². The molecule has 0 spiro atoms. The summed E-state index contributed by atoms with van der Waals surface area (Å²) in [4.78, 5) is 7.33. The van der Waals surface area contributed by atoms with Crippen LogP contribution in [0.5, 0.6) is 0 Å². The molecule has 172 valence electrons. The van der Waals surface area contributed by atoms with Crippen LogP contribution in [0.15, 0.2) is 29.3 Å². The van der Waals surface area contributed by atoms with E-state index in [1.807, 2.05) is 30.0 Å². The monoisotopic (exact) mass is 557 g/mol. The number of rotatable bonds is 7. The smallest absolute Gasteiger partial charge is 0.191 e. The lowest BCUT2D eigenvalue weighted by atomic mass is 9.99. The standard InChI is InChI=1S/C23H35N5OS.HI/c1-3-25-22(26-18-23(30-4-2)11-14-29-15-12-23)27-20-9-7-13-28(17-20)21-10-6-5-8-19(21)16-24;/h5-6,8,10,20H,3-4,7,9,11-15,17-18H2,1-2H3,(H2,25,26,27);1H. The van der Waals surface area contributed by atoms with Crippen LogP contribution in [0.4, 0.5) is 5.69 Å². The summed E-state index contributed by atoms with van der Waals surface area (Å²) in [6.07, 6.45) is 4.34. The third-order valence-corrected chi connectivity index (χ3v) is 7.29. The minimum Gasteiger partial charge on any atom is -0.381 e. The lowest BCUT2D eigenvalue weighted by molar-refractivity contribution is 0.0793. The third-order valence-electron chi connectivity index (χ3n) is 5.85.